The van der Waals surface area contributed by atoms with Gasteiger partial charge < -0.3 is 15.5 Å². The maximum atomic E-state index is 9.01. The molecule has 0 saturated carbocycles. The van der Waals surface area contributed by atoms with E-state index in [4.69, 9.17) is 11.0 Å². The molecule has 3 rings (SSSR count). The Labute approximate surface area is 129 Å². The number of hydrogen-bond acceptors (Lipinski definition) is 7. The fourth-order valence-corrected chi connectivity index (χ4v) is 2.39. The van der Waals surface area contributed by atoms with Gasteiger partial charge in [-0.2, -0.15) is 20.2 Å². The molecule has 0 atom stereocenters. The Morgan fingerprint density at radius 3 is 2.64 bits per heavy atom. The molecule has 0 bridgehead atoms. The summed E-state index contributed by atoms with van der Waals surface area (Å²) >= 11 is 0. The van der Waals surface area contributed by atoms with Gasteiger partial charge in [-0.3, -0.25) is 0 Å². The summed E-state index contributed by atoms with van der Waals surface area (Å²) in [6.45, 7) is 3.64. The highest BCUT2D eigenvalue weighted by molar-refractivity contribution is 5.60. The van der Waals surface area contributed by atoms with E-state index in [0.29, 0.717) is 17.3 Å². The molecule has 0 radical (unpaired) electrons. The van der Waals surface area contributed by atoms with Crippen LogP contribution >= 0.6 is 0 Å². The van der Waals surface area contributed by atoms with E-state index in [9.17, 15) is 0 Å². The summed E-state index contributed by atoms with van der Waals surface area (Å²) in [6, 6.07) is 9.29. The summed E-state index contributed by atoms with van der Waals surface area (Å²) in [4.78, 5) is 17.3. The molecular weight excluding hydrogens is 278 g/mol. The van der Waals surface area contributed by atoms with Gasteiger partial charge in [-0.15, -0.1) is 0 Å². The van der Waals surface area contributed by atoms with Gasteiger partial charge in [0, 0.05) is 31.7 Å². The molecule has 1 aliphatic rings. The summed E-state index contributed by atoms with van der Waals surface area (Å²) in [5, 5.41) is 9.01. The molecule has 0 amide bonds. The van der Waals surface area contributed by atoms with E-state index in [1.54, 1.807) is 12.1 Å². The molecule has 1 fully saturated rings. The van der Waals surface area contributed by atoms with E-state index in [0.717, 1.165) is 31.7 Å². The number of rotatable bonds is 2. The molecule has 1 aromatic carbocycles. The van der Waals surface area contributed by atoms with Crippen molar-refractivity contribution in [1.82, 2.24) is 19.9 Å². The number of nitriles is 1. The van der Waals surface area contributed by atoms with Crippen molar-refractivity contribution < 1.29 is 0 Å². The van der Waals surface area contributed by atoms with E-state index < -0.39 is 0 Å². The zero-order valence-electron chi connectivity index (χ0n) is 12.4. The predicted molar refractivity (Wildman–Crippen MR) is 84.1 cm³/mol. The lowest BCUT2D eigenvalue weighted by Gasteiger charge is -2.32. The van der Waals surface area contributed by atoms with E-state index in [1.165, 1.54) is 0 Å². The average molecular weight is 295 g/mol. The van der Waals surface area contributed by atoms with Gasteiger partial charge in [-0.05, 0) is 19.2 Å². The summed E-state index contributed by atoms with van der Waals surface area (Å²) in [5.41, 5.74) is 7.17. The minimum absolute atomic E-state index is 0.196. The summed E-state index contributed by atoms with van der Waals surface area (Å²) in [6.07, 6.45) is 0. The lowest BCUT2D eigenvalue weighted by atomic mass is 10.1. The summed E-state index contributed by atoms with van der Waals surface area (Å²) in [7, 11) is 2.10. The molecule has 7 nitrogen and oxygen atoms in total. The van der Waals surface area contributed by atoms with Crippen LogP contribution < -0.4 is 10.6 Å². The van der Waals surface area contributed by atoms with Crippen molar-refractivity contribution in [3.05, 3.63) is 29.8 Å². The number of hydrogen-bond donors (Lipinski definition) is 1. The van der Waals surface area contributed by atoms with Crippen molar-refractivity contribution in [3.63, 3.8) is 0 Å². The zero-order valence-corrected chi connectivity index (χ0v) is 12.4. The Morgan fingerprint density at radius 1 is 1.14 bits per heavy atom. The topological polar surface area (TPSA) is 95.0 Å². The van der Waals surface area contributed by atoms with E-state index >= 15 is 0 Å². The van der Waals surface area contributed by atoms with Gasteiger partial charge in [0.1, 0.15) is 0 Å². The van der Waals surface area contributed by atoms with Gasteiger partial charge in [0.25, 0.3) is 0 Å². The highest BCUT2D eigenvalue weighted by atomic mass is 15.3. The molecule has 0 unspecified atom stereocenters. The summed E-state index contributed by atoms with van der Waals surface area (Å²) in [5.74, 6) is 1.29. The van der Waals surface area contributed by atoms with Crippen molar-refractivity contribution in [2.75, 3.05) is 43.9 Å². The second kappa shape index (κ2) is 5.95. The van der Waals surface area contributed by atoms with Crippen LogP contribution in [0.5, 0.6) is 0 Å². The zero-order chi connectivity index (χ0) is 15.5. The van der Waals surface area contributed by atoms with Crippen LogP contribution in [0, 0.1) is 11.3 Å². The average Bonchev–Trinajstić information content (AvgIpc) is 2.55. The molecule has 2 aromatic rings. The van der Waals surface area contributed by atoms with Crippen LogP contribution in [0.2, 0.25) is 0 Å². The van der Waals surface area contributed by atoms with E-state index in [2.05, 4.69) is 37.9 Å². The maximum absolute atomic E-state index is 9.01. The van der Waals surface area contributed by atoms with Crippen molar-refractivity contribution in [2.45, 2.75) is 0 Å². The number of aromatic nitrogens is 3. The van der Waals surface area contributed by atoms with Crippen LogP contribution in [0.3, 0.4) is 0 Å². The third-order valence-corrected chi connectivity index (χ3v) is 3.68. The molecule has 2 N–H and O–H groups in total. The number of anilines is 2. The third-order valence-electron chi connectivity index (χ3n) is 3.68. The largest absolute Gasteiger partial charge is 0.368 e. The smallest absolute Gasteiger partial charge is 0.230 e. The number of nitrogens with two attached hydrogens (primary N) is 1. The Hall–Kier alpha value is -2.72. The van der Waals surface area contributed by atoms with Gasteiger partial charge in [0.2, 0.25) is 11.9 Å². The van der Waals surface area contributed by atoms with Gasteiger partial charge in [-0.25, -0.2) is 0 Å². The molecule has 7 heteroatoms. The molecule has 112 valence electrons. The fourth-order valence-electron chi connectivity index (χ4n) is 2.39. The Bertz CT molecular complexity index is 714. The van der Waals surface area contributed by atoms with Crippen LogP contribution in [0.15, 0.2) is 24.3 Å². The first kappa shape index (κ1) is 14.2. The first-order chi connectivity index (χ1) is 10.7. The van der Waals surface area contributed by atoms with Crippen LogP contribution in [0.25, 0.3) is 11.4 Å². The first-order valence-electron chi connectivity index (χ1n) is 7.11. The predicted octanol–water partition coefficient (Wildman–Crippen LogP) is 0.744. The normalized spacial score (nSPS) is 15.5. The fraction of sp³-hybridized carbons (Fsp3) is 0.333. The van der Waals surface area contributed by atoms with Gasteiger partial charge in [0.05, 0.1) is 11.6 Å². The SMILES string of the molecule is CN1CCN(c2nc(N)nc(-c3cccc(C#N)c3)n2)CC1. The lowest BCUT2D eigenvalue weighted by Crippen LogP contribution is -2.45. The van der Waals surface area contributed by atoms with Crippen molar-refractivity contribution in [3.8, 4) is 17.5 Å². The standard InChI is InChI=1S/C15H17N7/c1-21-5-7-22(8-6-21)15-19-13(18-14(17)20-15)12-4-2-3-11(9-12)10-16/h2-4,9H,5-8H2,1H3,(H2,17,18,19,20). The number of piperazine rings is 1. The Morgan fingerprint density at radius 2 is 1.91 bits per heavy atom. The second-order valence-corrected chi connectivity index (χ2v) is 5.30. The third kappa shape index (κ3) is 2.97. The lowest BCUT2D eigenvalue weighted by molar-refractivity contribution is 0.311. The maximum Gasteiger partial charge on any atom is 0.230 e. The molecule has 0 aliphatic carbocycles. The monoisotopic (exact) mass is 295 g/mol. The first-order valence-corrected chi connectivity index (χ1v) is 7.11. The minimum atomic E-state index is 0.196. The van der Waals surface area contributed by atoms with Gasteiger partial charge in [-0.1, -0.05) is 12.1 Å². The van der Waals surface area contributed by atoms with E-state index in [-0.39, 0.29) is 5.95 Å². The summed E-state index contributed by atoms with van der Waals surface area (Å²) < 4.78 is 0. The molecule has 1 saturated heterocycles. The van der Waals surface area contributed by atoms with Crippen LogP contribution in [0.1, 0.15) is 5.56 Å². The van der Waals surface area contributed by atoms with Gasteiger partial charge >= 0.3 is 0 Å². The Kier molecular flexibility index (Phi) is 3.85. The number of nitrogens with zero attached hydrogens (tertiary/aromatic N) is 6. The van der Waals surface area contributed by atoms with Crippen LogP contribution in [-0.4, -0.2) is 53.1 Å². The quantitative estimate of drug-likeness (QED) is 0.873. The molecule has 1 aromatic heterocycles. The van der Waals surface area contributed by atoms with Crippen molar-refractivity contribution in [2.24, 2.45) is 0 Å². The highest BCUT2D eigenvalue weighted by Crippen LogP contribution is 2.20. The van der Waals surface area contributed by atoms with Crippen molar-refractivity contribution in [1.29, 1.82) is 5.26 Å². The molecule has 0 spiro atoms. The molecule has 2 heterocycles. The Balaban J connectivity index is 1.94. The van der Waals surface area contributed by atoms with Gasteiger partial charge in [0.15, 0.2) is 5.82 Å². The number of nitrogen functional groups attached to an aromatic ring is 1. The molecular formula is C15H17N7. The molecule has 22 heavy (non-hydrogen) atoms. The van der Waals surface area contributed by atoms with Crippen LogP contribution in [-0.2, 0) is 0 Å². The number of likely N-dealkylation sites (N-methyl/N-ethyl adjacent to an activating group) is 1. The van der Waals surface area contributed by atoms with Crippen molar-refractivity contribution >= 4 is 11.9 Å². The minimum Gasteiger partial charge on any atom is -0.368 e. The molecule has 1 aliphatic heterocycles. The van der Waals surface area contributed by atoms with Crippen LogP contribution in [0.4, 0.5) is 11.9 Å². The van der Waals surface area contributed by atoms with E-state index in [1.807, 2.05) is 12.1 Å². The highest BCUT2D eigenvalue weighted by Gasteiger charge is 2.18. The second-order valence-electron chi connectivity index (χ2n) is 5.30. The number of benzene rings is 1.